The highest BCUT2D eigenvalue weighted by Gasteiger charge is 2.34. The van der Waals surface area contributed by atoms with Crippen LogP contribution >= 0.6 is 11.5 Å². The third kappa shape index (κ3) is 6.93. The van der Waals surface area contributed by atoms with Crippen molar-refractivity contribution in [3.05, 3.63) is 143 Å². The van der Waals surface area contributed by atoms with Gasteiger partial charge in [-0.2, -0.15) is 0 Å². The van der Waals surface area contributed by atoms with Crippen LogP contribution in [0.15, 0.2) is 115 Å². The second-order valence-corrected chi connectivity index (χ2v) is 11.2. The van der Waals surface area contributed by atoms with Crippen molar-refractivity contribution in [2.75, 3.05) is 6.54 Å². The predicted molar refractivity (Wildman–Crippen MR) is 169 cm³/mol. The summed E-state index contributed by atoms with van der Waals surface area (Å²) >= 11 is 1.23. The van der Waals surface area contributed by atoms with Crippen LogP contribution in [0.2, 0.25) is 0 Å². The number of carbonyl (C=O) groups excluding carboxylic acids is 2. The molecular formula is C35H31N5O2S. The van der Waals surface area contributed by atoms with Crippen LogP contribution in [0, 0.1) is 0 Å². The molecule has 0 saturated carbocycles. The number of fused-ring (bicyclic) bond motifs is 1. The van der Waals surface area contributed by atoms with Crippen LogP contribution in [0.5, 0.6) is 0 Å². The van der Waals surface area contributed by atoms with Gasteiger partial charge in [-0.15, -0.1) is 5.10 Å². The van der Waals surface area contributed by atoms with Gasteiger partial charge >= 0.3 is 0 Å². The smallest absolute Gasteiger partial charge is 0.247 e. The summed E-state index contributed by atoms with van der Waals surface area (Å²) in [7, 11) is 0. The minimum Gasteiger partial charge on any atom is -0.336 e. The largest absolute Gasteiger partial charge is 0.336 e. The van der Waals surface area contributed by atoms with Crippen LogP contribution in [0.4, 0.5) is 0 Å². The highest BCUT2D eigenvalue weighted by molar-refractivity contribution is 7.03. The molecule has 43 heavy (non-hydrogen) atoms. The zero-order chi connectivity index (χ0) is 29.4. The Morgan fingerprint density at radius 1 is 0.860 bits per heavy atom. The van der Waals surface area contributed by atoms with Crippen molar-refractivity contribution < 1.29 is 9.59 Å². The first-order chi connectivity index (χ1) is 21.1. The normalized spacial score (nSPS) is 13.4. The maximum absolute atomic E-state index is 14.4. The van der Waals surface area contributed by atoms with Crippen molar-refractivity contribution in [1.29, 1.82) is 0 Å². The molecule has 8 heteroatoms. The summed E-state index contributed by atoms with van der Waals surface area (Å²) in [5.74, 6) is -0.304. The summed E-state index contributed by atoms with van der Waals surface area (Å²) < 4.78 is 3.90. The first kappa shape index (κ1) is 28.2. The van der Waals surface area contributed by atoms with Gasteiger partial charge in [-0.1, -0.05) is 83.4 Å². The van der Waals surface area contributed by atoms with E-state index in [1.165, 1.54) is 23.2 Å². The number of pyridine rings is 1. The monoisotopic (exact) mass is 585 g/mol. The first-order valence-corrected chi connectivity index (χ1v) is 15.1. The molecule has 1 aliphatic heterocycles. The molecule has 214 valence electrons. The van der Waals surface area contributed by atoms with Gasteiger partial charge in [-0.25, -0.2) is 0 Å². The highest BCUT2D eigenvalue weighted by atomic mass is 32.1. The summed E-state index contributed by atoms with van der Waals surface area (Å²) in [5, 5.41) is 5.83. The minimum absolute atomic E-state index is 0.0520. The lowest BCUT2D eigenvalue weighted by Crippen LogP contribution is -2.52. The van der Waals surface area contributed by atoms with Crippen molar-refractivity contribution >= 4 is 29.4 Å². The Morgan fingerprint density at radius 3 is 2.33 bits per heavy atom. The van der Waals surface area contributed by atoms with Crippen LogP contribution in [-0.2, 0) is 35.5 Å². The van der Waals surface area contributed by atoms with E-state index in [1.807, 2.05) is 83.8 Å². The van der Waals surface area contributed by atoms with E-state index in [0.29, 0.717) is 25.2 Å². The quantitative estimate of drug-likeness (QED) is 0.203. The van der Waals surface area contributed by atoms with Crippen molar-refractivity contribution in [3.8, 4) is 11.1 Å². The Hall–Kier alpha value is -4.95. The Morgan fingerprint density at radius 2 is 1.58 bits per heavy atom. The highest BCUT2D eigenvalue weighted by Crippen LogP contribution is 2.24. The lowest BCUT2D eigenvalue weighted by Gasteiger charge is -2.37. The van der Waals surface area contributed by atoms with Gasteiger partial charge < -0.3 is 9.80 Å². The topological polar surface area (TPSA) is 79.3 Å². The van der Waals surface area contributed by atoms with Gasteiger partial charge in [-0.3, -0.25) is 14.6 Å². The summed E-state index contributed by atoms with van der Waals surface area (Å²) in [5.41, 5.74) is 7.09. The molecule has 7 nitrogen and oxygen atoms in total. The lowest BCUT2D eigenvalue weighted by atomic mass is 9.97. The summed E-state index contributed by atoms with van der Waals surface area (Å²) in [4.78, 5) is 36.1. The number of hydrogen-bond acceptors (Lipinski definition) is 6. The van der Waals surface area contributed by atoms with E-state index in [9.17, 15) is 9.59 Å². The van der Waals surface area contributed by atoms with E-state index in [-0.39, 0.29) is 18.4 Å². The number of benzene rings is 3. The average Bonchev–Trinajstić information content (AvgIpc) is 3.60. The summed E-state index contributed by atoms with van der Waals surface area (Å²) in [6.07, 6.45) is 7.90. The number of amides is 2. The molecule has 0 unspecified atom stereocenters. The fourth-order valence-electron chi connectivity index (χ4n) is 5.45. The zero-order valence-corrected chi connectivity index (χ0v) is 24.4. The van der Waals surface area contributed by atoms with Crippen LogP contribution in [-0.4, -0.2) is 48.8 Å². The average molecular weight is 586 g/mol. The second-order valence-electron chi connectivity index (χ2n) is 10.5. The second kappa shape index (κ2) is 13.4. The molecule has 0 radical (unpaired) electrons. The van der Waals surface area contributed by atoms with Gasteiger partial charge in [0.05, 0.1) is 5.69 Å². The Bertz CT molecular complexity index is 1690. The van der Waals surface area contributed by atoms with Gasteiger partial charge in [0, 0.05) is 49.9 Å². The van der Waals surface area contributed by atoms with Crippen LogP contribution in [0.3, 0.4) is 0 Å². The summed E-state index contributed by atoms with van der Waals surface area (Å²) in [6, 6.07) is 29.5. The molecule has 5 aromatic rings. The number of nitrogens with zero attached hydrogens (tertiary/aromatic N) is 5. The number of aromatic nitrogens is 3. The lowest BCUT2D eigenvalue weighted by molar-refractivity contribution is -0.144. The van der Waals surface area contributed by atoms with Crippen LogP contribution in [0.25, 0.3) is 17.2 Å². The molecule has 0 saturated heterocycles. The van der Waals surface area contributed by atoms with E-state index in [4.69, 9.17) is 0 Å². The fourth-order valence-corrected chi connectivity index (χ4v) is 5.87. The third-order valence-electron chi connectivity index (χ3n) is 7.75. The number of rotatable bonds is 9. The molecule has 3 aromatic carbocycles. The summed E-state index contributed by atoms with van der Waals surface area (Å²) in [6.45, 7) is 1.43. The van der Waals surface area contributed by atoms with Crippen molar-refractivity contribution in [3.63, 3.8) is 0 Å². The Balaban J connectivity index is 1.33. The molecule has 0 bridgehead atoms. The van der Waals surface area contributed by atoms with E-state index in [2.05, 4.69) is 26.7 Å². The molecule has 2 amide bonds. The van der Waals surface area contributed by atoms with Gasteiger partial charge in [0.25, 0.3) is 0 Å². The number of hydrogen-bond donors (Lipinski definition) is 0. The minimum atomic E-state index is -0.696. The molecule has 0 aliphatic carbocycles. The standard InChI is InChI=1S/C35H31N5O2S/c41-34(15-14-32-25-43-38-37-32)40(23-27-10-12-29(13-11-27)30-16-19-36-20-17-30)33(22-26-6-2-1-3-7-26)35(42)39-21-18-28-8-4-5-9-31(28)24-39/h1-17,19-20,25,33H,18,21-24H2/b15-14+/t33-/m0/s1. The molecular weight excluding hydrogens is 554 g/mol. The predicted octanol–water partition coefficient (Wildman–Crippen LogP) is 5.84. The van der Waals surface area contributed by atoms with Crippen molar-refractivity contribution in [2.45, 2.75) is 32.0 Å². The van der Waals surface area contributed by atoms with E-state index < -0.39 is 6.04 Å². The van der Waals surface area contributed by atoms with Crippen LogP contribution < -0.4 is 0 Å². The molecule has 1 aliphatic rings. The SMILES string of the molecule is O=C([C@H](Cc1ccccc1)N(Cc1ccc(-c2ccncc2)cc1)C(=O)/C=C/c1csnn1)N1CCc2ccccc2C1. The van der Waals surface area contributed by atoms with Gasteiger partial charge in [0.15, 0.2) is 0 Å². The fraction of sp³-hybridized carbons (Fsp3) is 0.171. The molecule has 2 aromatic heterocycles. The molecule has 0 fully saturated rings. The van der Waals surface area contributed by atoms with Crippen molar-refractivity contribution in [2.24, 2.45) is 0 Å². The first-order valence-electron chi connectivity index (χ1n) is 14.3. The van der Waals surface area contributed by atoms with E-state index >= 15 is 0 Å². The van der Waals surface area contributed by atoms with Gasteiger partial charge in [-0.05, 0) is 69.5 Å². The van der Waals surface area contributed by atoms with E-state index in [0.717, 1.165) is 34.2 Å². The third-order valence-corrected chi connectivity index (χ3v) is 8.28. The zero-order valence-electron chi connectivity index (χ0n) is 23.6. The maximum Gasteiger partial charge on any atom is 0.247 e. The van der Waals surface area contributed by atoms with Gasteiger partial charge in [0.2, 0.25) is 11.8 Å². The molecule has 3 heterocycles. The molecule has 0 N–H and O–H groups in total. The molecule has 0 spiro atoms. The Kier molecular flexibility index (Phi) is 8.75. The molecule has 1 atom stereocenters. The maximum atomic E-state index is 14.4. The number of carbonyl (C=O) groups is 2. The Labute approximate surface area is 255 Å². The van der Waals surface area contributed by atoms with Crippen LogP contribution in [0.1, 0.15) is 27.9 Å². The van der Waals surface area contributed by atoms with Crippen molar-refractivity contribution in [1.82, 2.24) is 24.4 Å². The van der Waals surface area contributed by atoms with E-state index in [1.54, 1.807) is 28.7 Å². The van der Waals surface area contributed by atoms with Gasteiger partial charge in [0.1, 0.15) is 6.04 Å². The molecule has 6 rings (SSSR count).